The van der Waals surface area contributed by atoms with E-state index in [1.54, 1.807) is 24.3 Å². The number of hydrogen-bond acceptors (Lipinski definition) is 6. The number of nitro benzene ring substituents is 1. The first-order valence-corrected chi connectivity index (χ1v) is 8.08. The Kier molecular flexibility index (Phi) is 6.63. The lowest BCUT2D eigenvalue weighted by Gasteiger charge is -2.09. The van der Waals surface area contributed by atoms with Gasteiger partial charge in [0.05, 0.1) is 18.6 Å². The summed E-state index contributed by atoms with van der Waals surface area (Å²) in [7, 11) is 1.28. The third-order valence-electron chi connectivity index (χ3n) is 3.68. The molecule has 2 rings (SSSR count). The smallest absolute Gasteiger partial charge is 0.311 e. The fourth-order valence-electron chi connectivity index (χ4n) is 2.18. The highest BCUT2D eigenvalue weighted by Crippen LogP contribution is 2.27. The van der Waals surface area contributed by atoms with Gasteiger partial charge in [0.2, 0.25) is 0 Å². The van der Waals surface area contributed by atoms with Gasteiger partial charge >= 0.3 is 5.69 Å². The van der Waals surface area contributed by atoms with Crippen LogP contribution in [0.1, 0.15) is 26.3 Å². The average molecular weight is 386 g/mol. The lowest BCUT2D eigenvalue weighted by Crippen LogP contribution is -2.46. The van der Waals surface area contributed by atoms with Gasteiger partial charge in [-0.25, -0.2) is 0 Å². The van der Waals surface area contributed by atoms with E-state index in [2.05, 4.69) is 16.2 Å². The van der Waals surface area contributed by atoms with Crippen LogP contribution in [0.5, 0.6) is 5.75 Å². The summed E-state index contributed by atoms with van der Waals surface area (Å²) in [6, 6.07) is 10.4. The van der Waals surface area contributed by atoms with Crippen molar-refractivity contribution in [1.29, 1.82) is 0 Å². The molecule has 0 saturated carbocycles. The summed E-state index contributed by atoms with van der Waals surface area (Å²) in [5.41, 5.74) is 5.36. The standard InChI is InChI=1S/C18H18N4O6/c1-11-3-5-12(6-4-11)18(25)21-20-16(23)10-19-17(24)13-7-8-15(28-2)14(9-13)22(26)27/h3-9H,10H2,1-2H3,(H,19,24)(H,20,23)(H,21,25). The number of benzene rings is 2. The molecule has 28 heavy (non-hydrogen) atoms. The van der Waals surface area contributed by atoms with Crippen molar-refractivity contribution >= 4 is 23.4 Å². The molecular formula is C18H18N4O6. The number of amides is 3. The number of nitro groups is 1. The molecule has 0 aliphatic heterocycles. The van der Waals surface area contributed by atoms with E-state index in [0.717, 1.165) is 11.6 Å². The topological polar surface area (TPSA) is 140 Å². The van der Waals surface area contributed by atoms with E-state index in [-0.39, 0.29) is 17.0 Å². The molecule has 0 unspecified atom stereocenters. The molecule has 0 aliphatic rings. The Bertz CT molecular complexity index is 911. The van der Waals surface area contributed by atoms with Crippen molar-refractivity contribution in [2.45, 2.75) is 6.92 Å². The quantitative estimate of drug-likeness (QED) is 0.502. The molecular weight excluding hydrogens is 368 g/mol. The molecule has 0 bridgehead atoms. The molecule has 0 radical (unpaired) electrons. The Morgan fingerprint density at radius 2 is 1.64 bits per heavy atom. The Morgan fingerprint density at radius 3 is 2.25 bits per heavy atom. The van der Waals surface area contributed by atoms with E-state index in [1.807, 2.05) is 6.92 Å². The van der Waals surface area contributed by atoms with Crippen LogP contribution in [0.3, 0.4) is 0 Å². The molecule has 0 spiro atoms. The van der Waals surface area contributed by atoms with Gasteiger partial charge in [0, 0.05) is 17.2 Å². The van der Waals surface area contributed by atoms with Crippen LogP contribution in [0.2, 0.25) is 0 Å². The van der Waals surface area contributed by atoms with Gasteiger partial charge < -0.3 is 10.1 Å². The van der Waals surface area contributed by atoms with Gasteiger partial charge in [-0.1, -0.05) is 17.7 Å². The highest BCUT2D eigenvalue weighted by molar-refractivity contribution is 5.98. The van der Waals surface area contributed by atoms with Crippen LogP contribution in [0.25, 0.3) is 0 Å². The fourth-order valence-corrected chi connectivity index (χ4v) is 2.18. The van der Waals surface area contributed by atoms with Crippen molar-refractivity contribution in [3.05, 3.63) is 69.3 Å². The van der Waals surface area contributed by atoms with Gasteiger partial charge in [-0.05, 0) is 31.2 Å². The number of nitrogens with zero attached hydrogens (tertiary/aromatic N) is 1. The minimum Gasteiger partial charge on any atom is -0.490 e. The van der Waals surface area contributed by atoms with Crippen LogP contribution < -0.4 is 20.9 Å². The van der Waals surface area contributed by atoms with Gasteiger partial charge in [-0.2, -0.15) is 0 Å². The van der Waals surface area contributed by atoms with Gasteiger partial charge in [-0.3, -0.25) is 35.3 Å². The number of rotatable bonds is 6. The van der Waals surface area contributed by atoms with E-state index < -0.39 is 29.2 Å². The van der Waals surface area contributed by atoms with Crippen molar-refractivity contribution < 1.29 is 24.0 Å². The molecule has 10 heteroatoms. The van der Waals surface area contributed by atoms with Gasteiger partial charge in [0.15, 0.2) is 5.75 Å². The number of aryl methyl sites for hydroxylation is 1. The Hall–Kier alpha value is -3.95. The monoisotopic (exact) mass is 386 g/mol. The van der Waals surface area contributed by atoms with E-state index >= 15 is 0 Å². The molecule has 146 valence electrons. The molecule has 3 amide bonds. The second-order valence-electron chi connectivity index (χ2n) is 5.69. The van der Waals surface area contributed by atoms with E-state index in [0.29, 0.717) is 5.56 Å². The maximum absolute atomic E-state index is 12.1. The van der Waals surface area contributed by atoms with Crippen LogP contribution in [0.15, 0.2) is 42.5 Å². The zero-order valence-electron chi connectivity index (χ0n) is 15.1. The molecule has 10 nitrogen and oxygen atoms in total. The minimum absolute atomic E-state index is 0.0102. The van der Waals surface area contributed by atoms with Crippen LogP contribution in [0.4, 0.5) is 5.69 Å². The molecule has 0 fully saturated rings. The molecule has 0 heterocycles. The SMILES string of the molecule is COc1ccc(C(=O)NCC(=O)NNC(=O)c2ccc(C)cc2)cc1[N+](=O)[O-]. The highest BCUT2D eigenvalue weighted by atomic mass is 16.6. The van der Waals surface area contributed by atoms with Gasteiger partial charge in [-0.15, -0.1) is 0 Å². The average Bonchev–Trinajstić information content (AvgIpc) is 2.70. The molecule has 0 atom stereocenters. The predicted molar refractivity (Wildman–Crippen MR) is 98.8 cm³/mol. The van der Waals surface area contributed by atoms with Gasteiger partial charge in [0.25, 0.3) is 17.7 Å². The van der Waals surface area contributed by atoms with Crippen LogP contribution in [-0.2, 0) is 4.79 Å². The highest BCUT2D eigenvalue weighted by Gasteiger charge is 2.18. The molecule has 2 aromatic carbocycles. The summed E-state index contributed by atoms with van der Waals surface area (Å²) < 4.78 is 4.86. The van der Waals surface area contributed by atoms with Crippen molar-refractivity contribution in [3.8, 4) is 5.75 Å². The normalized spacial score (nSPS) is 9.93. The summed E-state index contributed by atoms with van der Waals surface area (Å²) in [6.07, 6.45) is 0. The van der Waals surface area contributed by atoms with Crippen molar-refractivity contribution in [2.24, 2.45) is 0 Å². The first-order valence-electron chi connectivity index (χ1n) is 8.08. The number of methoxy groups -OCH3 is 1. The maximum Gasteiger partial charge on any atom is 0.311 e. The van der Waals surface area contributed by atoms with E-state index in [1.165, 1.54) is 19.2 Å². The molecule has 0 aromatic heterocycles. The zero-order valence-corrected chi connectivity index (χ0v) is 15.1. The second-order valence-corrected chi connectivity index (χ2v) is 5.69. The lowest BCUT2D eigenvalue weighted by molar-refractivity contribution is -0.385. The number of carbonyl (C=O) groups is 3. The molecule has 0 aliphatic carbocycles. The van der Waals surface area contributed by atoms with Crippen LogP contribution >= 0.6 is 0 Å². The number of carbonyl (C=O) groups excluding carboxylic acids is 3. The third-order valence-corrected chi connectivity index (χ3v) is 3.68. The Balaban J connectivity index is 1.87. The van der Waals surface area contributed by atoms with E-state index in [4.69, 9.17) is 4.74 Å². The van der Waals surface area contributed by atoms with Crippen molar-refractivity contribution in [3.63, 3.8) is 0 Å². The summed E-state index contributed by atoms with van der Waals surface area (Å²) in [6.45, 7) is 1.44. The third kappa shape index (κ3) is 5.27. The largest absolute Gasteiger partial charge is 0.490 e. The lowest BCUT2D eigenvalue weighted by atomic mass is 10.1. The van der Waals surface area contributed by atoms with Crippen LogP contribution in [0, 0.1) is 17.0 Å². The number of ether oxygens (including phenoxy) is 1. The number of hydrogen-bond donors (Lipinski definition) is 3. The van der Waals surface area contributed by atoms with E-state index in [9.17, 15) is 24.5 Å². The number of hydrazine groups is 1. The molecule has 2 aromatic rings. The van der Waals surface area contributed by atoms with Gasteiger partial charge in [0.1, 0.15) is 0 Å². The summed E-state index contributed by atoms with van der Waals surface area (Å²) in [4.78, 5) is 46.1. The first-order chi connectivity index (χ1) is 13.3. The molecule has 0 saturated heterocycles. The first kappa shape index (κ1) is 20.4. The fraction of sp³-hybridized carbons (Fsp3) is 0.167. The summed E-state index contributed by atoms with van der Waals surface area (Å²) >= 11 is 0. The predicted octanol–water partition coefficient (Wildman–Crippen LogP) is 1.10. The maximum atomic E-state index is 12.1. The number of nitrogens with one attached hydrogen (secondary N) is 3. The summed E-state index contributed by atoms with van der Waals surface area (Å²) in [5, 5.41) is 13.3. The van der Waals surface area contributed by atoms with Crippen molar-refractivity contribution in [2.75, 3.05) is 13.7 Å². The Labute approximate surface area is 160 Å². The van der Waals surface area contributed by atoms with Crippen LogP contribution in [-0.4, -0.2) is 36.3 Å². The second kappa shape index (κ2) is 9.12. The zero-order chi connectivity index (χ0) is 20.7. The molecule has 3 N–H and O–H groups in total. The Morgan fingerprint density at radius 1 is 1.00 bits per heavy atom. The minimum atomic E-state index is -0.689. The summed E-state index contributed by atoms with van der Waals surface area (Å²) in [5.74, 6) is -1.86. The van der Waals surface area contributed by atoms with Crippen molar-refractivity contribution in [1.82, 2.24) is 16.2 Å².